The quantitative estimate of drug-likeness (QED) is 0.674. The Labute approximate surface area is 78.4 Å². The van der Waals surface area contributed by atoms with Crippen molar-refractivity contribution in [2.75, 3.05) is 0 Å². The number of amides is 1. The van der Waals surface area contributed by atoms with Crippen LogP contribution in [0.3, 0.4) is 0 Å². The second kappa shape index (κ2) is 4.56. The molecule has 2 N–H and O–H groups in total. The molecule has 0 unspecified atom stereocenters. The predicted octanol–water partition coefficient (Wildman–Crippen LogP) is 0.405. The first-order chi connectivity index (χ1) is 6.24. The number of hydrogen-bond acceptors (Lipinski definition) is 4. The van der Waals surface area contributed by atoms with Crippen LogP contribution in [-0.4, -0.2) is 22.5 Å². The summed E-state index contributed by atoms with van der Waals surface area (Å²) in [5.74, 6) is -0.963. The van der Waals surface area contributed by atoms with E-state index in [1.165, 1.54) is 11.3 Å². The fraction of sp³-hybridized carbons (Fsp3) is 0.286. The van der Waals surface area contributed by atoms with Crippen molar-refractivity contribution in [3.63, 3.8) is 0 Å². The van der Waals surface area contributed by atoms with Gasteiger partial charge in [-0.15, -0.1) is 11.3 Å². The van der Waals surface area contributed by atoms with E-state index in [4.69, 9.17) is 5.11 Å². The van der Waals surface area contributed by atoms with Gasteiger partial charge in [-0.1, -0.05) is 0 Å². The molecule has 0 fully saturated rings. The molecule has 0 radical (unpaired) electrons. The number of hydrogen-bond donors (Lipinski definition) is 2. The van der Waals surface area contributed by atoms with Crippen molar-refractivity contribution < 1.29 is 14.7 Å². The fourth-order valence-corrected chi connectivity index (χ4v) is 1.58. The third kappa shape index (κ3) is 2.83. The molecule has 6 heteroatoms. The molecule has 1 heterocycles. The molecule has 1 aromatic heterocycles. The van der Waals surface area contributed by atoms with E-state index in [0.717, 1.165) is 0 Å². The first-order valence-electron chi connectivity index (χ1n) is 3.55. The summed E-state index contributed by atoms with van der Waals surface area (Å²) < 4.78 is 0. The summed E-state index contributed by atoms with van der Waals surface area (Å²) in [5.41, 5.74) is 0. The second-order valence-electron chi connectivity index (χ2n) is 2.31. The molecular weight excluding hydrogens is 192 g/mol. The second-order valence-corrected chi connectivity index (χ2v) is 3.23. The summed E-state index contributed by atoms with van der Waals surface area (Å²) in [6, 6.07) is -0.519. The molecule has 1 atom stereocenters. The molecule has 0 aliphatic heterocycles. The number of nitrogens with one attached hydrogen (secondary N) is 1. The minimum atomic E-state index is -0.963. The molecule has 0 aromatic carbocycles. The van der Waals surface area contributed by atoms with Crippen molar-refractivity contribution in [2.45, 2.75) is 12.5 Å². The molecule has 0 saturated carbocycles. The van der Waals surface area contributed by atoms with Crippen molar-refractivity contribution in [3.05, 3.63) is 16.6 Å². The zero-order valence-corrected chi connectivity index (χ0v) is 7.45. The zero-order chi connectivity index (χ0) is 9.68. The summed E-state index contributed by atoms with van der Waals surface area (Å²) >= 11 is 1.32. The van der Waals surface area contributed by atoms with Gasteiger partial charge in [-0.3, -0.25) is 9.59 Å². The monoisotopic (exact) mass is 200 g/mol. The number of carbonyl (C=O) groups is 2. The normalized spacial score (nSPS) is 12.0. The Morgan fingerprint density at radius 1 is 1.85 bits per heavy atom. The van der Waals surface area contributed by atoms with Crippen LogP contribution in [0.15, 0.2) is 11.6 Å². The van der Waals surface area contributed by atoms with E-state index < -0.39 is 12.0 Å². The minimum absolute atomic E-state index is 0.147. The maximum Gasteiger partial charge on any atom is 0.305 e. The smallest absolute Gasteiger partial charge is 0.305 e. The number of rotatable bonds is 5. The Balaban J connectivity index is 2.67. The number of carboxylic acid groups (broad SMARTS) is 1. The number of thiazole rings is 1. The van der Waals surface area contributed by atoms with Gasteiger partial charge in [0, 0.05) is 11.6 Å². The maximum atomic E-state index is 10.4. The van der Waals surface area contributed by atoms with Gasteiger partial charge >= 0.3 is 5.97 Å². The number of aliphatic carboxylic acids is 1. The van der Waals surface area contributed by atoms with E-state index >= 15 is 0 Å². The number of carbonyl (C=O) groups excluding carboxylic acids is 1. The largest absolute Gasteiger partial charge is 0.481 e. The molecule has 13 heavy (non-hydrogen) atoms. The predicted molar refractivity (Wildman–Crippen MR) is 46.3 cm³/mol. The van der Waals surface area contributed by atoms with Crippen LogP contribution in [0.5, 0.6) is 0 Å². The van der Waals surface area contributed by atoms with Crippen LogP contribution in [0.2, 0.25) is 0 Å². The molecule has 0 bridgehead atoms. The highest BCUT2D eigenvalue weighted by molar-refractivity contribution is 7.09. The maximum absolute atomic E-state index is 10.4. The Morgan fingerprint density at radius 3 is 3.08 bits per heavy atom. The van der Waals surface area contributed by atoms with Crippen LogP contribution in [0.1, 0.15) is 17.5 Å². The number of nitrogens with zero attached hydrogens (tertiary/aromatic N) is 1. The van der Waals surface area contributed by atoms with E-state index in [-0.39, 0.29) is 6.42 Å². The van der Waals surface area contributed by atoms with Crippen molar-refractivity contribution in [1.82, 2.24) is 10.3 Å². The lowest BCUT2D eigenvalue weighted by molar-refractivity contribution is -0.137. The van der Waals surface area contributed by atoms with E-state index in [9.17, 15) is 9.59 Å². The van der Waals surface area contributed by atoms with Gasteiger partial charge in [0.1, 0.15) is 5.01 Å². The number of carboxylic acids is 1. The lowest BCUT2D eigenvalue weighted by Crippen LogP contribution is -2.22. The molecule has 1 rings (SSSR count). The van der Waals surface area contributed by atoms with Crippen molar-refractivity contribution >= 4 is 23.7 Å². The Bertz CT molecular complexity index is 286. The molecule has 1 aromatic rings. The SMILES string of the molecule is O=CN[C@H](CC(=O)O)c1nccs1. The summed E-state index contributed by atoms with van der Waals surface area (Å²) in [6.07, 6.45) is 1.91. The van der Waals surface area contributed by atoms with Gasteiger partial charge in [0.15, 0.2) is 0 Å². The molecule has 0 aliphatic carbocycles. The highest BCUT2D eigenvalue weighted by atomic mass is 32.1. The zero-order valence-electron chi connectivity index (χ0n) is 6.64. The Hall–Kier alpha value is -1.43. The topological polar surface area (TPSA) is 79.3 Å². The summed E-state index contributed by atoms with van der Waals surface area (Å²) in [6.45, 7) is 0. The Kier molecular flexibility index (Phi) is 3.39. The van der Waals surface area contributed by atoms with Gasteiger partial charge in [-0.25, -0.2) is 4.98 Å². The van der Waals surface area contributed by atoms with Gasteiger partial charge in [-0.2, -0.15) is 0 Å². The average Bonchev–Trinajstić information content (AvgIpc) is 2.54. The Morgan fingerprint density at radius 2 is 2.62 bits per heavy atom. The van der Waals surface area contributed by atoms with Gasteiger partial charge in [0.25, 0.3) is 0 Å². The summed E-state index contributed by atoms with van der Waals surface area (Å²) in [7, 11) is 0. The summed E-state index contributed by atoms with van der Waals surface area (Å²) in [5, 5.41) is 13.3. The van der Waals surface area contributed by atoms with Crippen LogP contribution in [0.25, 0.3) is 0 Å². The first kappa shape index (κ1) is 9.66. The van der Waals surface area contributed by atoms with Crippen LogP contribution < -0.4 is 5.32 Å². The molecule has 0 spiro atoms. The summed E-state index contributed by atoms with van der Waals surface area (Å²) in [4.78, 5) is 24.5. The fourth-order valence-electron chi connectivity index (χ4n) is 0.881. The van der Waals surface area contributed by atoms with E-state index in [2.05, 4.69) is 10.3 Å². The van der Waals surface area contributed by atoms with Gasteiger partial charge < -0.3 is 10.4 Å². The molecule has 0 saturated heterocycles. The molecule has 1 amide bonds. The van der Waals surface area contributed by atoms with Crippen LogP contribution in [-0.2, 0) is 9.59 Å². The van der Waals surface area contributed by atoms with E-state index in [1.54, 1.807) is 11.6 Å². The highest BCUT2D eigenvalue weighted by Gasteiger charge is 2.16. The van der Waals surface area contributed by atoms with E-state index in [1.807, 2.05) is 0 Å². The van der Waals surface area contributed by atoms with Gasteiger partial charge in [-0.05, 0) is 0 Å². The lowest BCUT2D eigenvalue weighted by Gasteiger charge is -2.09. The van der Waals surface area contributed by atoms with E-state index in [0.29, 0.717) is 11.4 Å². The first-order valence-corrected chi connectivity index (χ1v) is 4.43. The lowest BCUT2D eigenvalue weighted by atomic mass is 10.2. The van der Waals surface area contributed by atoms with Crippen molar-refractivity contribution in [2.24, 2.45) is 0 Å². The minimum Gasteiger partial charge on any atom is -0.481 e. The van der Waals surface area contributed by atoms with Crippen LogP contribution >= 0.6 is 11.3 Å². The molecule has 70 valence electrons. The highest BCUT2D eigenvalue weighted by Crippen LogP contribution is 2.18. The molecule has 0 aliphatic rings. The molecular formula is C7H8N2O3S. The van der Waals surface area contributed by atoms with Gasteiger partial charge in [0.2, 0.25) is 6.41 Å². The number of aromatic nitrogens is 1. The van der Waals surface area contributed by atoms with Crippen LogP contribution in [0, 0.1) is 0 Å². The van der Waals surface area contributed by atoms with Gasteiger partial charge in [0.05, 0.1) is 12.5 Å². The van der Waals surface area contributed by atoms with Crippen molar-refractivity contribution in [1.29, 1.82) is 0 Å². The standard InChI is InChI=1S/C7H8N2O3S/c10-4-9-5(3-6(11)12)7-8-1-2-13-7/h1-2,4-5H,3H2,(H,9,10)(H,11,12)/t5-/m1/s1. The van der Waals surface area contributed by atoms with Crippen LogP contribution in [0.4, 0.5) is 0 Å². The third-order valence-corrected chi connectivity index (χ3v) is 2.29. The molecule has 5 nitrogen and oxygen atoms in total. The van der Waals surface area contributed by atoms with Crippen molar-refractivity contribution in [3.8, 4) is 0 Å². The average molecular weight is 200 g/mol. The third-order valence-electron chi connectivity index (χ3n) is 1.40.